The van der Waals surface area contributed by atoms with Crippen molar-refractivity contribution in [2.75, 3.05) is 5.32 Å². The molecule has 0 amide bonds. The highest BCUT2D eigenvalue weighted by Gasteiger charge is 2.26. The summed E-state index contributed by atoms with van der Waals surface area (Å²) >= 11 is 0. The van der Waals surface area contributed by atoms with Crippen LogP contribution in [0.1, 0.15) is 32.6 Å². The van der Waals surface area contributed by atoms with Crippen LogP contribution in [-0.2, 0) is 0 Å². The molecule has 1 aliphatic rings. The van der Waals surface area contributed by atoms with Gasteiger partial charge in [0.2, 0.25) is 0 Å². The molecule has 1 aromatic heterocycles. The zero-order valence-electron chi connectivity index (χ0n) is 8.91. The maximum Gasteiger partial charge on any atom is 0.255 e. The predicted octanol–water partition coefficient (Wildman–Crippen LogP) is 2.61. The van der Waals surface area contributed by atoms with Gasteiger partial charge in [0.1, 0.15) is 0 Å². The fourth-order valence-corrected chi connectivity index (χ4v) is 2.31. The number of hydrogen-bond donors (Lipinski definition) is 1. The minimum atomic E-state index is -0.501. The molecular formula is C11H16FN3. The van der Waals surface area contributed by atoms with Gasteiger partial charge in [0, 0.05) is 18.4 Å². The standard InChI is InChI=1S/C11H16FN3/c1-2-8-4-3-5-9(8)15-11-10(12)13-6-7-14-11/h6-9H,2-5H2,1H3,(H,14,15). The monoisotopic (exact) mass is 209 g/mol. The summed E-state index contributed by atoms with van der Waals surface area (Å²) in [6, 6.07) is 0.362. The van der Waals surface area contributed by atoms with Crippen molar-refractivity contribution in [3.8, 4) is 0 Å². The number of aromatic nitrogens is 2. The van der Waals surface area contributed by atoms with Crippen molar-refractivity contribution in [3.63, 3.8) is 0 Å². The molecule has 1 fully saturated rings. The quantitative estimate of drug-likeness (QED) is 0.831. The Balaban J connectivity index is 2.05. The zero-order valence-corrected chi connectivity index (χ0v) is 8.91. The minimum Gasteiger partial charge on any atom is -0.363 e. The fraction of sp³-hybridized carbons (Fsp3) is 0.636. The fourth-order valence-electron chi connectivity index (χ4n) is 2.31. The number of hydrogen-bond acceptors (Lipinski definition) is 3. The van der Waals surface area contributed by atoms with Gasteiger partial charge < -0.3 is 5.32 Å². The van der Waals surface area contributed by atoms with Crippen LogP contribution in [0.2, 0.25) is 0 Å². The van der Waals surface area contributed by atoms with Crippen molar-refractivity contribution in [2.24, 2.45) is 5.92 Å². The lowest BCUT2D eigenvalue weighted by molar-refractivity contribution is 0.483. The van der Waals surface area contributed by atoms with Crippen LogP contribution in [0.25, 0.3) is 0 Å². The first-order valence-corrected chi connectivity index (χ1v) is 5.54. The van der Waals surface area contributed by atoms with Gasteiger partial charge >= 0.3 is 0 Å². The summed E-state index contributed by atoms with van der Waals surface area (Å²) in [6.07, 6.45) is 7.58. The molecule has 2 atom stereocenters. The summed E-state index contributed by atoms with van der Waals surface area (Å²) < 4.78 is 13.2. The highest BCUT2D eigenvalue weighted by molar-refractivity contribution is 5.33. The van der Waals surface area contributed by atoms with Gasteiger partial charge in [-0.25, -0.2) is 9.97 Å². The molecule has 0 radical (unpaired) electrons. The molecule has 82 valence electrons. The van der Waals surface area contributed by atoms with Gasteiger partial charge in [0.25, 0.3) is 5.95 Å². The molecule has 2 rings (SSSR count). The van der Waals surface area contributed by atoms with E-state index in [1.165, 1.54) is 25.2 Å². The average Bonchev–Trinajstić information content (AvgIpc) is 2.69. The Kier molecular flexibility index (Phi) is 3.14. The Morgan fingerprint density at radius 2 is 2.20 bits per heavy atom. The van der Waals surface area contributed by atoms with Gasteiger partial charge in [-0.05, 0) is 18.8 Å². The van der Waals surface area contributed by atoms with Crippen molar-refractivity contribution in [3.05, 3.63) is 18.3 Å². The molecular weight excluding hydrogens is 193 g/mol. The molecule has 1 aromatic rings. The van der Waals surface area contributed by atoms with Crippen molar-refractivity contribution in [1.82, 2.24) is 9.97 Å². The lowest BCUT2D eigenvalue weighted by atomic mass is 10.0. The third-order valence-electron chi connectivity index (χ3n) is 3.16. The molecule has 15 heavy (non-hydrogen) atoms. The van der Waals surface area contributed by atoms with E-state index in [-0.39, 0.29) is 0 Å². The van der Waals surface area contributed by atoms with Crippen LogP contribution in [0.5, 0.6) is 0 Å². The molecule has 0 spiro atoms. The largest absolute Gasteiger partial charge is 0.363 e. The summed E-state index contributed by atoms with van der Waals surface area (Å²) in [5.41, 5.74) is 0. The molecule has 1 heterocycles. The Hall–Kier alpha value is -1.19. The van der Waals surface area contributed by atoms with Gasteiger partial charge in [-0.3, -0.25) is 0 Å². The molecule has 3 nitrogen and oxygen atoms in total. The molecule has 0 bridgehead atoms. The molecule has 0 aromatic carbocycles. The lowest BCUT2D eigenvalue weighted by Crippen LogP contribution is -2.24. The van der Waals surface area contributed by atoms with E-state index < -0.39 is 5.95 Å². The second-order valence-electron chi connectivity index (χ2n) is 4.05. The lowest BCUT2D eigenvalue weighted by Gasteiger charge is -2.19. The Labute approximate surface area is 89.1 Å². The van der Waals surface area contributed by atoms with E-state index in [9.17, 15) is 4.39 Å². The maximum atomic E-state index is 13.2. The average molecular weight is 209 g/mol. The van der Waals surface area contributed by atoms with Crippen LogP contribution in [0.4, 0.5) is 10.2 Å². The summed E-state index contributed by atoms with van der Waals surface area (Å²) in [4.78, 5) is 7.54. The van der Waals surface area contributed by atoms with Crippen LogP contribution in [-0.4, -0.2) is 16.0 Å². The number of anilines is 1. The van der Waals surface area contributed by atoms with Gasteiger partial charge in [0.05, 0.1) is 0 Å². The third-order valence-corrected chi connectivity index (χ3v) is 3.16. The summed E-state index contributed by atoms with van der Waals surface area (Å²) in [5.74, 6) is 0.438. The van der Waals surface area contributed by atoms with Crippen molar-refractivity contribution in [1.29, 1.82) is 0 Å². The Morgan fingerprint density at radius 1 is 1.40 bits per heavy atom. The van der Waals surface area contributed by atoms with E-state index in [0.29, 0.717) is 17.8 Å². The summed E-state index contributed by atoms with van der Waals surface area (Å²) in [6.45, 7) is 2.18. The van der Waals surface area contributed by atoms with Crippen LogP contribution in [0, 0.1) is 11.9 Å². The van der Waals surface area contributed by atoms with Crippen LogP contribution in [0.15, 0.2) is 12.4 Å². The predicted molar refractivity (Wildman–Crippen MR) is 57.0 cm³/mol. The molecule has 0 saturated heterocycles. The molecule has 1 saturated carbocycles. The number of nitrogens with one attached hydrogen (secondary N) is 1. The maximum absolute atomic E-state index is 13.2. The number of halogens is 1. The highest BCUT2D eigenvalue weighted by Crippen LogP contribution is 2.30. The first-order chi connectivity index (χ1) is 7.31. The molecule has 1 N–H and O–H groups in total. The number of rotatable bonds is 3. The Bertz CT molecular complexity index is 329. The van der Waals surface area contributed by atoms with E-state index in [2.05, 4.69) is 22.2 Å². The Morgan fingerprint density at radius 3 is 2.93 bits per heavy atom. The first-order valence-electron chi connectivity index (χ1n) is 5.54. The second-order valence-corrected chi connectivity index (χ2v) is 4.05. The van der Waals surface area contributed by atoms with Crippen LogP contribution >= 0.6 is 0 Å². The second kappa shape index (κ2) is 4.55. The van der Waals surface area contributed by atoms with Gasteiger partial charge in [0.15, 0.2) is 5.82 Å². The van der Waals surface area contributed by atoms with E-state index in [1.54, 1.807) is 0 Å². The molecule has 2 unspecified atom stereocenters. The minimum absolute atomic E-state index is 0.294. The van der Waals surface area contributed by atoms with E-state index in [1.807, 2.05) is 0 Å². The highest BCUT2D eigenvalue weighted by atomic mass is 19.1. The van der Waals surface area contributed by atoms with Gasteiger partial charge in [-0.15, -0.1) is 0 Å². The number of nitrogens with zero attached hydrogens (tertiary/aromatic N) is 2. The van der Waals surface area contributed by atoms with E-state index >= 15 is 0 Å². The van der Waals surface area contributed by atoms with E-state index in [4.69, 9.17) is 0 Å². The van der Waals surface area contributed by atoms with E-state index in [0.717, 1.165) is 12.8 Å². The topological polar surface area (TPSA) is 37.8 Å². The summed E-state index contributed by atoms with van der Waals surface area (Å²) in [7, 11) is 0. The SMILES string of the molecule is CCC1CCCC1Nc1nccnc1F. The smallest absolute Gasteiger partial charge is 0.255 e. The first kappa shape index (κ1) is 10.3. The van der Waals surface area contributed by atoms with Gasteiger partial charge in [-0.2, -0.15) is 4.39 Å². The van der Waals surface area contributed by atoms with Crippen molar-refractivity contribution >= 4 is 5.82 Å². The summed E-state index contributed by atoms with van der Waals surface area (Å²) in [5, 5.41) is 3.16. The van der Waals surface area contributed by atoms with Crippen LogP contribution in [0.3, 0.4) is 0 Å². The third kappa shape index (κ3) is 2.25. The molecule has 4 heteroatoms. The van der Waals surface area contributed by atoms with Crippen molar-refractivity contribution in [2.45, 2.75) is 38.6 Å². The normalized spacial score (nSPS) is 25.5. The molecule has 0 aliphatic heterocycles. The van der Waals surface area contributed by atoms with Crippen LogP contribution < -0.4 is 5.32 Å². The molecule has 1 aliphatic carbocycles. The van der Waals surface area contributed by atoms with Crippen molar-refractivity contribution < 1.29 is 4.39 Å². The zero-order chi connectivity index (χ0) is 10.7. The van der Waals surface area contributed by atoms with Gasteiger partial charge in [-0.1, -0.05) is 19.8 Å².